The molecule has 2 aromatic rings. The van der Waals surface area contributed by atoms with Crippen molar-refractivity contribution in [1.29, 1.82) is 0 Å². The van der Waals surface area contributed by atoms with Gasteiger partial charge in [0.25, 0.3) is 0 Å². The highest BCUT2D eigenvalue weighted by Gasteiger charge is 2.33. The number of hydrogen-bond acceptors (Lipinski definition) is 2. The Labute approximate surface area is 154 Å². The van der Waals surface area contributed by atoms with E-state index in [4.69, 9.17) is 23.8 Å². The Morgan fingerprint density at radius 3 is 2.54 bits per heavy atom. The van der Waals surface area contributed by atoms with Crippen molar-refractivity contribution in [1.82, 2.24) is 5.32 Å². The summed E-state index contributed by atoms with van der Waals surface area (Å²) < 4.78 is 0. The molecule has 0 fully saturated rings. The van der Waals surface area contributed by atoms with Crippen LogP contribution in [0.1, 0.15) is 37.3 Å². The lowest BCUT2D eigenvalue weighted by molar-refractivity contribution is 0.0692. The summed E-state index contributed by atoms with van der Waals surface area (Å²) in [4.78, 5) is 0. The summed E-state index contributed by atoms with van der Waals surface area (Å²) in [5, 5.41) is 18.7. The molecule has 1 atom stereocenters. The van der Waals surface area contributed by atoms with Gasteiger partial charge in [-0.2, -0.15) is 0 Å². The molecule has 0 aliphatic heterocycles. The maximum absolute atomic E-state index is 11.6. The zero-order valence-corrected chi connectivity index (χ0v) is 15.5. The van der Waals surface area contributed by atoms with E-state index in [1.165, 1.54) is 0 Å². The second-order valence-electron chi connectivity index (χ2n) is 5.72. The SMILES string of the molecule is CCCCC(O)(c1ccccc1)c1ccc(Cl)cc1NC(=S)NC. The van der Waals surface area contributed by atoms with Gasteiger partial charge in [-0.15, -0.1) is 0 Å². The summed E-state index contributed by atoms with van der Waals surface area (Å²) in [6.45, 7) is 2.11. The number of thiocarbonyl (C=S) groups is 1. The van der Waals surface area contributed by atoms with E-state index in [0.717, 1.165) is 24.0 Å². The third-order valence-corrected chi connectivity index (χ3v) is 4.59. The van der Waals surface area contributed by atoms with E-state index < -0.39 is 5.60 Å². The first-order chi connectivity index (χ1) is 11.5. The number of nitrogens with one attached hydrogen (secondary N) is 2. The number of halogens is 1. The predicted octanol–water partition coefficient (Wildman–Crippen LogP) is 4.68. The van der Waals surface area contributed by atoms with Gasteiger partial charge < -0.3 is 15.7 Å². The zero-order valence-electron chi connectivity index (χ0n) is 14.0. The molecule has 1 unspecified atom stereocenters. The summed E-state index contributed by atoms with van der Waals surface area (Å²) in [6, 6.07) is 15.2. The van der Waals surface area contributed by atoms with Crippen LogP contribution in [0.3, 0.4) is 0 Å². The average Bonchev–Trinajstić information content (AvgIpc) is 2.60. The van der Waals surface area contributed by atoms with E-state index in [2.05, 4.69) is 17.6 Å². The smallest absolute Gasteiger partial charge is 0.170 e. The molecule has 0 heterocycles. The third-order valence-electron chi connectivity index (χ3n) is 4.05. The fraction of sp³-hybridized carbons (Fsp3) is 0.316. The number of anilines is 1. The van der Waals surface area contributed by atoms with Gasteiger partial charge in [0.1, 0.15) is 5.60 Å². The van der Waals surface area contributed by atoms with Crippen LogP contribution in [0.5, 0.6) is 0 Å². The maximum Gasteiger partial charge on any atom is 0.170 e. The van der Waals surface area contributed by atoms with E-state index in [1.807, 2.05) is 36.4 Å². The molecular weight excluding hydrogens is 340 g/mol. The minimum absolute atomic E-state index is 0.476. The lowest BCUT2D eigenvalue weighted by Crippen LogP contribution is -2.31. The highest BCUT2D eigenvalue weighted by molar-refractivity contribution is 7.80. The van der Waals surface area contributed by atoms with Crippen molar-refractivity contribution in [2.24, 2.45) is 0 Å². The molecule has 2 aromatic carbocycles. The first kappa shape index (κ1) is 18.7. The Hall–Kier alpha value is -1.62. The number of benzene rings is 2. The van der Waals surface area contributed by atoms with Crippen LogP contribution in [0.15, 0.2) is 48.5 Å². The van der Waals surface area contributed by atoms with Gasteiger partial charge in [0.05, 0.1) is 0 Å². The first-order valence-electron chi connectivity index (χ1n) is 8.08. The van der Waals surface area contributed by atoms with Crippen molar-refractivity contribution in [2.45, 2.75) is 31.8 Å². The predicted molar refractivity (Wildman–Crippen MR) is 106 cm³/mol. The van der Waals surface area contributed by atoms with E-state index in [0.29, 0.717) is 22.2 Å². The molecule has 2 rings (SSSR count). The van der Waals surface area contributed by atoms with Crippen LogP contribution in [0, 0.1) is 0 Å². The molecule has 0 spiro atoms. The largest absolute Gasteiger partial charge is 0.380 e. The lowest BCUT2D eigenvalue weighted by Gasteiger charge is -2.31. The minimum Gasteiger partial charge on any atom is -0.380 e. The Morgan fingerprint density at radius 1 is 1.21 bits per heavy atom. The highest BCUT2D eigenvalue weighted by Crippen LogP contribution is 2.39. The van der Waals surface area contributed by atoms with Crippen molar-refractivity contribution in [3.8, 4) is 0 Å². The third kappa shape index (κ3) is 4.26. The van der Waals surface area contributed by atoms with Crippen LogP contribution < -0.4 is 10.6 Å². The van der Waals surface area contributed by atoms with E-state index in [9.17, 15) is 5.11 Å². The molecule has 0 aliphatic rings. The molecule has 0 saturated heterocycles. The molecule has 5 heteroatoms. The molecule has 0 bridgehead atoms. The summed E-state index contributed by atoms with van der Waals surface area (Å²) in [5.41, 5.74) is 1.24. The summed E-state index contributed by atoms with van der Waals surface area (Å²) in [5.74, 6) is 0. The van der Waals surface area contributed by atoms with Crippen molar-refractivity contribution in [3.05, 3.63) is 64.7 Å². The van der Waals surface area contributed by atoms with Gasteiger partial charge in [0.15, 0.2) is 5.11 Å². The molecule has 0 aliphatic carbocycles. The van der Waals surface area contributed by atoms with Crippen LogP contribution in [-0.4, -0.2) is 17.3 Å². The molecule has 3 N–H and O–H groups in total. The van der Waals surface area contributed by atoms with Crippen molar-refractivity contribution >= 4 is 34.6 Å². The number of hydrogen-bond donors (Lipinski definition) is 3. The second kappa shape index (κ2) is 8.47. The second-order valence-corrected chi connectivity index (χ2v) is 6.57. The van der Waals surface area contributed by atoms with Gasteiger partial charge in [-0.3, -0.25) is 0 Å². The fourth-order valence-electron chi connectivity index (χ4n) is 2.75. The van der Waals surface area contributed by atoms with Gasteiger partial charge in [-0.25, -0.2) is 0 Å². The van der Waals surface area contributed by atoms with Gasteiger partial charge in [0.2, 0.25) is 0 Å². The first-order valence-corrected chi connectivity index (χ1v) is 8.86. The van der Waals surface area contributed by atoms with Crippen molar-refractivity contribution in [2.75, 3.05) is 12.4 Å². The topological polar surface area (TPSA) is 44.3 Å². The summed E-state index contributed by atoms with van der Waals surface area (Å²) in [7, 11) is 1.75. The van der Waals surface area contributed by atoms with E-state index >= 15 is 0 Å². The fourth-order valence-corrected chi connectivity index (χ4v) is 3.03. The van der Waals surface area contributed by atoms with Gasteiger partial charge in [-0.1, -0.05) is 67.8 Å². The molecular formula is C19H23ClN2OS. The molecule has 0 amide bonds. The molecule has 3 nitrogen and oxygen atoms in total. The molecule has 24 heavy (non-hydrogen) atoms. The average molecular weight is 363 g/mol. The minimum atomic E-state index is -1.10. The summed E-state index contributed by atoms with van der Waals surface area (Å²) in [6.07, 6.45) is 2.53. The molecule has 0 saturated carbocycles. The van der Waals surface area contributed by atoms with Crippen LogP contribution in [-0.2, 0) is 5.60 Å². The normalized spacial score (nSPS) is 13.2. The Bertz CT molecular complexity index is 693. The quantitative estimate of drug-likeness (QED) is 0.653. The lowest BCUT2D eigenvalue weighted by atomic mass is 9.81. The molecule has 128 valence electrons. The standard InChI is InChI=1S/C19H23ClN2OS/c1-3-4-12-19(23,14-8-6-5-7-9-14)16-11-10-15(20)13-17(16)22-18(24)21-2/h5-11,13,23H,3-4,12H2,1-2H3,(H2,21,22,24). The number of rotatable bonds is 6. The number of unbranched alkanes of at least 4 members (excludes halogenated alkanes) is 1. The van der Waals surface area contributed by atoms with Gasteiger partial charge in [-0.05, 0) is 36.3 Å². The van der Waals surface area contributed by atoms with E-state index in [-0.39, 0.29) is 0 Å². The Balaban J connectivity index is 2.55. The highest BCUT2D eigenvalue weighted by atomic mass is 35.5. The monoisotopic (exact) mass is 362 g/mol. The van der Waals surface area contributed by atoms with Crippen LogP contribution in [0.4, 0.5) is 5.69 Å². The number of aliphatic hydroxyl groups is 1. The van der Waals surface area contributed by atoms with Crippen LogP contribution in [0.2, 0.25) is 5.02 Å². The van der Waals surface area contributed by atoms with Gasteiger partial charge in [0, 0.05) is 23.3 Å². The molecule has 0 radical (unpaired) electrons. The van der Waals surface area contributed by atoms with Crippen LogP contribution in [0.25, 0.3) is 0 Å². The summed E-state index contributed by atoms with van der Waals surface area (Å²) >= 11 is 11.4. The van der Waals surface area contributed by atoms with E-state index in [1.54, 1.807) is 19.2 Å². The molecule has 0 aromatic heterocycles. The Kier molecular flexibility index (Phi) is 6.60. The maximum atomic E-state index is 11.6. The zero-order chi connectivity index (χ0) is 17.6. The Morgan fingerprint density at radius 2 is 1.92 bits per heavy atom. The van der Waals surface area contributed by atoms with Crippen LogP contribution >= 0.6 is 23.8 Å². The van der Waals surface area contributed by atoms with Crippen molar-refractivity contribution in [3.63, 3.8) is 0 Å². The van der Waals surface area contributed by atoms with Gasteiger partial charge >= 0.3 is 0 Å². The van der Waals surface area contributed by atoms with Crippen molar-refractivity contribution < 1.29 is 5.11 Å².